The van der Waals surface area contributed by atoms with Gasteiger partial charge in [-0.05, 0) is 61.8 Å². The van der Waals surface area contributed by atoms with Crippen LogP contribution in [-0.2, 0) is 4.74 Å². The lowest BCUT2D eigenvalue weighted by Crippen LogP contribution is -2.14. The fourth-order valence-corrected chi connectivity index (χ4v) is 4.20. The van der Waals surface area contributed by atoms with Crippen LogP contribution in [0.4, 0.5) is 15.9 Å². The normalized spacial score (nSPS) is 20.4. The van der Waals surface area contributed by atoms with Crippen LogP contribution in [0.5, 0.6) is 0 Å². The number of rotatable bonds is 4. The van der Waals surface area contributed by atoms with Crippen molar-refractivity contribution in [3.05, 3.63) is 51.9 Å². The van der Waals surface area contributed by atoms with Gasteiger partial charge in [-0.3, -0.25) is 0 Å². The summed E-state index contributed by atoms with van der Waals surface area (Å²) in [4.78, 5) is 16.7. The minimum Gasteiger partial charge on any atom is -0.462 e. The largest absolute Gasteiger partial charge is 0.462 e. The van der Waals surface area contributed by atoms with E-state index in [1.165, 1.54) is 12.1 Å². The van der Waals surface area contributed by atoms with Crippen LogP contribution in [0.3, 0.4) is 0 Å². The van der Waals surface area contributed by atoms with E-state index in [-0.39, 0.29) is 11.0 Å². The number of nitrogens with one attached hydrogen (secondary N) is 1. The predicted molar refractivity (Wildman–Crippen MR) is 94.2 cm³/mol. The van der Waals surface area contributed by atoms with E-state index < -0.39 is 5.82 Å². The lowest BCUT2D eigenvalue weighted by Gasteiger charge is -2.21. The van der Waals surface area contributed by atoms with E-state index >= 15 is 0 Å². The van der Waals surface area contributed by atoms with E-state index in [2.05, 4.69) is 10.3 Å². The molecule has 2 atom stereocenters. The Balaban J connectivity index is 1.75. The number of esters is 1. The molecule has 25 heavy (non-hydrogen) atoms. The predicted octanol–water partition coefficient (Wildman–Crippen LogP) is 5.16. The maximum Gasteiger partial charge on any atom is 0.339 e. The van der Waals surface area contributed by atoms with Crippen LogP contribution in [0, 0.1) is 5.82 Å². The van der Waals surface area contributed by atoms with E-state index in [0.29, 0.717) is 35.5 Å². The van der Waals surface area contributed by atoms with Gasteiger partial charge in [0.1, 0.15) is 11.6 Å². The summed E-state index contributed by atoms with van der Waals surface area (Å²) in [5.41, 5.74) is 3.29. The minimum atomic E-state index is -0.479. The first-order chi connectivity index (χ1) is 12.1. The molecule has 1 heterocycles. The highest BCUT2D eigenvalue weighted by atomic mass is 35.5. The molecule has 2 unspecified atom stereocenters. The van der Waals surface area contributed by atoms with Gasteiger partial charge in [0.15, 0.2) is 0 Å². The molecule has 2 aliphatic carbocycles. The van der Waals surface area contributed by atoms with Crippen molar-refractivity contribution in [3.63, 3.8) is 0 Å². The van der Waals surface area contributed by atoms with Crippen LogP contribution in [0.25, 0.3) is 0 Å². The van der Waals surface area contributed by atoms with Gasteiger partial charge >= 0.3 is 5.97 Å². The SMILES string of the molecule is CCOC(=O)c1cnc(Nc2ccc(Cl)c(F)c2)c2c1C1CCC2C1. The van der Waals surface area contributed by atoms with Gasteiger partial charge in [-0.2, -0.15) is 0 Å². The van der Waals surface area contributed by atoms with Crippen molar-refractivity contribution >= 4 is 29.1 Å². The van der Waals surface area contributed by atoms with E-state index in [4.69, 9.17) is 16.3 Å². The molecular formula is C19H18ClFN2O2. The number of anilines is 2. The summed E-state index contributed by atoms with van der Waals surface area (Å²) < 4.78 is 18.9. The standard InChI is InChI=1S/C19H18ClFN2O2/c1-2-25-19(24)13-9-22-18(17-11-4-3-10(7-11)16(13)17)23-12-5-6-14(20)15(21)8-12/h5-6,8-11H,2-4,7H2,1H3,(H,22,23). The van der Waals surface area contributed by atoms with Crippen LogP contribution in [0.15, 0.2) is 24.4 Å². The average molecular weight is 361 g/mol. The Hall–Kier alpha value is -2.14. The molecule has 0 spiro atoms. The topological polar surface area (TPSA) is 51.2 Å². The number of carbonyl (C=O) groups excluding carboxylic acids is 1. The summed E-state index contributed by atoms with van der Waals surface area (Å²) in [7, 11) is 0. The monoisotopic (exact) mass is 360 g/mol. The second kappa shape index (κ2) is 6.30. The first-order valence-corrected chi connectivity index (χ1v) is 8.88. The number of aromatic nitrogens is 1. The summed E-state index contributed by atoms with van der Waals surface area (Å²) >= 11 is 5.74. The van der Waals surface area contributed by atoms with Gasteiger partial charge < -0.3 is 10.1 Å². The summed E-state index contributed by atoms with van der Waals surface area (Å²) in [6.07, 6.45) is 4.79. The van der Waals surface area contributed by atoms with Crippen molar-refractivity contribution in [3.8, 4) is 0 Å². The van der Waals surface area contributed by atoms with Gasteiger partial charge in [0.05, 0.1) is 17.2 Å². The Bertz CT molecular complexity index is 856. The van der Waals surface area contributed by atoms with Gasteiger partial charge in [-0.15, -0.1) is 0 Å². The number of fused-ring (bicyclic) bond motifs is 5. The van der Waals surface area contributed by atoms with Crippen LogP contribution in [0.1, 0.15) is 59.5 Å². The number of benzene rings is 1. The molecule has 0 radical (unpaired) electrons. The van der Waals surface area contributed by atoms with Crippen molar-refractivity contribution in [2.75, 3.05) is 11.9 Å². The van der Waals surface area contributed by atoms with E-state index in [9.17, 15) is 9.18 Å². The Morgan fingerprint density at radius 2 is 2.12 bits per heavy atom. The Kier molecular flexibility index (Phi) is 4.12. The van der Waals surface area contributed by atoms with Gasteiger partial charge in [0.2, 0.25) is 0 Å². The first kappa shape index (κ1) is 16.3. The molecule has 4 rings (SSSR count). The Morgan fingerprint density at radius 1 is 1.36 bits per heavy atom. The third-order valence-electron chi connectivity index (χ3n) is 5.09. The van der Waals surface area contributed by atoms with Gasteiger partial charge in [-0.1, -0.05) is 11.6 Å². The average Bonchev–Trinajstić information content (AvgIpc) is 3.21. The zero-order valence-corrected chi connectivity index (χ0v) is 14.6. The maximum absolute atomic E-state index is 13.7. The summed E-state index contributed by atoms with van der Waals surface area (Å²) in [6, 6.07) is 4.58. The van der Waals surface area contributed by atoms with Gasteiger partial charge in [0, 0.05) is 17.4 Å². The number of nitrogens with zero attached hydrogens (tertiary/aromatic N) is 1. The molecule has 130 valence electrons. The van der Waals surface area contributed by atoms with Crippen molar-refractivity contribution in [1.82, 2.24) is 4.98 Å². The number of halogens is 2. The van der Waals surface area contributed by atoms with E-state index in [0.717, 1.165) is 30.4 Å². The summed E-state index contributed by atoms with van der Waals surface area (Å²) in [5.74, 6) is 0.666. The first-order valence-electron chi connectivity index (χ1n) is 8.50. The van der Waals surface area contributed by atoms with Crippen LogP contribution in [0.2, 0.25) is 5.02 Å². The zero-order chi connectivity index (χ0) is 17.6. The number of pyridine rings is 1. The third kappa shape index (κ3) is 2.76. The zero-order valence-electron chi connectivity index (χ0n) is 13.8. The summed E-state index contributed by atoms with van der Waals surface area (Å²) in [6.45, 7) is 2.13. The molecule has 1 saturated carbocycles. The van der Waals surface area contributed by atoms with Crippen LogP contribution < -0.4 is 5.32 Å². The highest BCUT2D eigenvalue weighted by Crippen LogP contribution is 2.56. The molecule has 6 heteroatoms. The molecule has 1 N–H and O–H groups in total. The van der Waals surface area contributed by atoms with Crippen molar-refractivity contribution < 1.29 is 13.9 Å². The molecule has 0 saturated heterocycles. The Morgan fingerprint density at radius 3 is 2.84 bits per heavy atom. The fraction of sp³-hybridized carbons (Fsp3) is 0.368. The second-order valence-electron chi connectivity index (χ2n) is 6.53. The highest BCUT2D eigenvalue weighted by Gasteiger charge is 2.42. The molecule has 2 bridgehead atoms. The second-order valence-corrected chi connectivity index (χ2v) is 6.94. The lowest BCUT2D eigenvalue weighted by molar-refractivity contribution is 0.0524. The summed E-state index contributed by atoms with van der Waals surface area (Å²) in [5, 5.41) is 3.28. The molecule has 1 aromatic carbocycles. The maximum atomic E-state index is 13.7. The molecule has 2 aromatic rings. The number of ether oxygens (including phenoxy) is 1. The molecule has 4 nitrogen and oxygen atoms in total. The van der Waals surface area contributed by atoms with Crippen LogP contribution in [-0.4, -0.2) is 17.6 Å². The van der Waals surface area contributed by atoms with E-state index in [1.807, 2.05) is 0 Å². The smallest absolute Gasteiger partial charge is 0.339 e. The highest BCUT2D eigenvalue weighted by molar-refractivity contribution is 6.30. The fourth-order valence-electron chi connectivity index (χ4n) is 4.08. The molecule has 2 aliphatic rings. The van der Waals surface area contributed by atoms with E-state index in [1.54, 1.807) is 19.2 Å². The number of hydrogen-bond acceptors (Lipinski definition) is 4. The van der Waals surface area contributed by atoms with Crippen molar-refractivity contribution in [1.29, 1.82) is 0 Å². The number of carbonyl (C=O) groups is 1. The van der Waals surface area contributed by atoms with Crippen molar-refractivity contribution in [2.45, 2.75) is 38.0 Å². The Labute approximate surface area is 150 Å². The molecule has 1 fully saturated rings. The van der Waals surface area contributed by atoms with Gasteiger partial charge in [-0.25, -0.2) is 14.2 Å². The number of hydrogen-bond donors (Lipinski definition) is 1. The third-order valence-corrected chi connectivity index (χ3v) is 5.39. The molecule has 1 aromatic heterocycles. The van der Waals surface area contributed by atoms with Crippen LogP contribution >= 0.6 is 11.6 Å². The quantitative estimate of drug-likeness (QED) is 0.765. The minimum absolute atomic E-state index is 0.0838. The molecule has 0 amide bonds. The lowest BCUT2D eigenvalue weighted by atomic mass is 9.89. The molecule has 0 aliphatic heterocycles. The van der Waals surface area contributed by atoms with Gasteiger partial charge in [0.25, 0.3) is 0 Å². The van der Waals surface area contributed by atoms with Crippen molar-refractivity contribution in [2.24, 2.45) is 0 Å². The molecular weight excluding hydrogens is 343 g/mol.